The lowest BCUT2D eigenvalue weighted by atomic mass is 9.81. The Morgan fingerprint density at radius 1 is 1.30 bits per heavy atom. The summed E-state index contributed by atoms with van der Waals surface area (Å²) in [6.45, 7) is 8.40. The van der Waals surface area contributed by atoms with E-state index in [1.54, 1.807) is 6.08 Å². The van der Waals surface area contributed by atoms with Crippen LogP contribution in [0.1, 0.15) is 58.9 Å². The van der Waals surface area contributed by atoms with Gasteiger partial charge in [0.15, 0.2) is 0 Å². The molecule has 1 heterocycles. The van der Waals surface area contributed by atoms with Crippen molar-refractivity contribution in [3.63, 3.8) is 0 Å². The van der Waals surface area contributed by atoms with Gasteiger partial charge in [-0.1, -0.05) is 26.0 Å². The van der Waals surface area contributed by atoms with E-state index >= 15 is 0 Å². The highest BCUT2D eigenvalue weighted by Gasteiger charge is 2.55. The van der Waals surface area contributed by atoms with Crippen LogP contribution in [0.5, 0.6) is 5.75 Å². The molecule has 1 saturated carbocycles. The van der Waals surface area contributed by atoms with Gasteiger partial charge in [-0.2, -0.15) is 0 Å². The Balaban J connectivity index is 1.46. The molecule has 4 rings (SSSR count). The highest BCUT2D eigenvalue weighted by molar-refractivity contribution is 5.87. The number of fused-ring (bicyclic) bond motifs is 3. The Bertz CT molecular complexity index is 957. The quantitative estimate of drug-likeness (QED) is 0.388. The van der Waals surface area contributed by atoms with Crippen molar-refractivity contribution >= 4 is 18.0 Å². The molecule has 1 aliphatic heterocycles. The summed E-state index contributed by atoms with van der Waals surface area (Å²) in [5.41, 5.74) is 1.80. The smallest absolute Gasteiger partial charge is 0.331 e. The number of carbonyl (C=O) groups is 2. The standard InChI is InChI=1S/C27H34O6/c1-5-14-31-19-9-6-18(7-10-19)8-11-23(28)32-22-15-21-24(17(22)3)25-20(12-13-27(21,4)30)16(2)26(29)33-25/h6-11,16,20-22,25,30H,5,12-15H2,1-4H3/b11-8+/t16-,20-,21?,22-,25-,27+/m0/s1. The Morgan fingerprint density at radius 3 is 2.73 bits per heavy atom. The molecule has 6 nitrogen and oxygen atoms in total. The predicted molar refractivity (Wildman–Crippen MR) is 124 cm³/mol. The van der Waals surface area contributed by atoms with Gasteiger partial charge in [-0.3, -0.25) is 4.79 Å². The number of hydrogen-bond donors (Lipinski definition) is 1. The van der Waals surface area contributed by atoms with Crippen LogP contribution < -0.4 is 4.74 Å². The first kappa shape index (κ1) is 23.6. The molecule has 0 radical (unpaired) electrons. The largest absolute Gasteiger partial charge is 0.494 e. The van der Waals surface area contributed by atoms with E-state index in [-0.39, 0.29) is 29.8 Å². The maximum atomic E-state index is 12.6. The van der Waals surface area contributed by atoms with Gasteiger partial charge in [0.25, 0.3) is 0 Å². The number of carbonyl (C=O) groups excluding carboxylic acids is 2. The molecule has 2 fully saturated rings. The van der Waals surface area contributed by atoms with Crippen molar-refractivity contribution in [1.82, 2.24) is 0 Å². The van der Waals surface area contributed by atoms with Gasteiger partial charge in [0.05, 0.1) is 18.1 Å². The monoisotopic (exact) mass is 454 g/mol. The van der Waals surface area contributed by atoms with Crippen LogP contribution in [0.4, 0.5) is 0 Å². The maximum absolute atomic E-state index is 12.6. The summed E-state index contributed by atoms with van der Waals surface area (Å²) in [4.78, 5) is 24.8. The first-order chi connectivity index (χ1) is 15.7. The third-order valence-electron chi connectivity index (χ3n) is 7.47. The lowest BCUT2D eigenvalue weighted by Crippen LogP contribution is -2.35. The van der Waals surface area contributed by atoms with Crippen molar-refractivity contribution in [1.29, 1.82) is 0 Å². The number of esters is 2. The molecule has 0 aromatic heterocycles. The number of ether oxygens (including phenoxy) is 3. The number of benzene rings is 1. The second-order valence-corrected chi connectivity index (χ2v) is 9.81. The van der Waals surface area contributed by atoms with E-state index in [1.165, 1.54) is 6.08 Å². The Kier molecular flexibility index (Phi) is 6.66. The lowest BCUT2D eigenvalue weighted by Gasteiger charge is -2.31. The molecule has 1 saturated heterocycles. The van der Waals surface area contributed by atoms with Gasteiger partial charge in [-0.15, -0.1) is 0 Å². The van der Waals surface area contributed by atoms with Crippen molar-refractivity contribution < 1.29 is 28.9 Å². The van der Waals surface area contributed by atoms with Gasteiger partial charge in [0.1, 0.15) is 18.0 Å². The summed E-state index contributed by atoms with van der Waals surface area (Å²) in [5.74, 6) is -0.139. The second-order valence-electron chi connectivity index (χ2n) is 9.81. The van der Waals surface area contributed by atoms with Crippen LogP contribution in [0.15, 0.2) is 41.5 Å². The van der Waals surface area contributed by atoms with Gasteiger partial charge in [-0.25, -0.2) is 4.79 Å². The van der Waals surface area contributed by atoms with Gasteiger partial charge < -0.3 is 19.3 Å². The van der Waals surface area contributed by atoms with Crippen LogP contribution in [0.2, 0.25) is 0 Å². The minimum atomic E-state index is -0.925. The van der Waals surface area contributed by atoms with Crippen LogP contribution in [0.3, 0.4) is 0 Å². The molecule has 1 N–H and O–H groups in total. The zero-order valence-corrected chi connectivity index (χ0v) is 19.9. The molecule has 6 heteroatoms. The van der Waals surface area contributed by atoms with Crippen molar-refractivity contribution in [3.05, 3.63) is 47.1 Å². The van der Waals surface area contributed by atoms with Crippen LogP contribution in [0.25, 0.3) is 6.08 Å². The summed E-state index contributed by atoms with van der Waals surface area (Å²) >= 11 is 0. The van der Waals surface area contributed by atoms with E-state index in [9.17, 15) is 14.7 Å². The van der Waals surface area contributed by atoms with E-state index in [1.807, 2.05) is 45.0 Å². The molecular formula is C27H34O6. The van der Waals surface area contributed by atoms with Crippen LogP contribution in [0, 0.1) is 17.8 Å². The predicted octanol–water partition coefficient (Wildman–Crippen LogP) is 4.46. The van der Waals surface area contributed by atoms with E-state index in [2.05, 4.69) is 6.92 Å². The molecule has 1 aromatic rings. The number of rotatable bonds is 6. The van der Waals surface area contributed by atoms with Crippen molar-refractivity contribution in [2.45, 2.75) is 71.2 Å². The number of aliphatic hydroxyl groups is 1. The Morgan fingerprint density at radius 2 is 2.03 bits per heavy atom. The summed E-state index contributed by atoms with van der Waals surface area (Å²) in [6.07, 6.45) is 5.16. The number of hydrogen-bond acceptors (Lipinski definition) is 6. The van der Waals surface area contributed by atoms with Gasteiger partial charge in [0.2, 0.25) is 0 Å². The fourth-order valence-corrected chi connectivity index (χ4v) is 5.45. The molecule has 0 spiro atoms. The fourth-order valence-electron chi connectivity index (χ4n) is 5.45. The molecule has 2 aliphatic carbocycles. The molecular weight excluding hydrogens is 420 g/mol. The van der Waals surface area contributed by atoms with Crippen LogP contribution in [-0.4, -0.2) is 41.5 Å². The summed E-state index contributed by atoms with van der Waals surface area (Å²) in [7, 11) is 0. The first-order valence-electron chi connectivity index (χ1n) is 12.0. The third kappa shape index (κ3) is 4.72. The van der Waals surface area contributed by atoms with Crippen molar-refractivity contribution in [2.75, 3.05) is 6.61 Å². The van der Waals surface area contributed by atoms with Crippen LogP contribution in [-0.2, 0) is 19.1 Å². The zero-order valence-electron chi connectivity index (χ0n) is 19.9. The van der Waals surface area contributed by atoms with Crippen molar-refractivity contribution in [2.24, 2.45) is 17.8 Å². The molecule has 1 aromatic carbocycles. The maximum Gasteiger partial charge on any atom is 0.331 e. The lowest BCUT2D eigenvalue weighted by molar-refractivity contribution is -0.143. The summed E-state index contributed by atoms with van der Waals surface area (Å²) in [5, 5.41) is 11.2. The first-order valence-corrected chi connectivity index (χ1v) is 12.0. The Hall–Kier alpha value is -2.60. The molecule has 33 heavy (non-hydrogen) atoms. The van der Waals surface area contributed by atoms with E-state index in [0.29, 0.717) is 19.4 Å². The van der Waals surface area contributed by atoms with Crippen molar-refractivity contribution in [3.8, 4) is 5.75 Å². The molecule has 178 valence electrons. The second kappa shape index (κ2) is 9.34. The normalized spacial score (nSPS) is 33.5. The summed E-state index contributed by atoms with van der Waals surface area (Å²) in [6, 6.07) is 7.54. The average Bonchev–Trinajstić information content (AvgIpc) is 3.22. The molecule has 6 atom stereocenters. The van der Waals surface area contributed by atoms with E-state index in [0.717, 1.165) is 35.3 Å². The Labute approximate surface area is 195 Å². The highest BCUT2D eigenvalue weighted by Crippen LogP contribution is 2.52. The molecule has 1 unspecified atom stereocenters. The van der Waals surface area contributed by atoms with Gasteiger partial charge >= 0.3 is 11.9 Å². The molecule has 0 amide bonds. The average molecular weight is 455 g/mol. The molecule has 0 bridgehead atoms. The highest BCUT2D eigenvalue weighted by atomic mass is 16.6. The zero-order chi connectivity index (χ0) is 23.8. The topological polar surface area (TPSA) is 82.1 Å². The minimum absolute atomic E-state index is 0.0533. The summed E-state index contributed by atoms with van der Waals surface area (Å²) < 4.78 is 17.1. The van der Waals surface area contributed by atoms with Gasteiger partial charge in [0, 0.05) is 17.9 Å². The van der Waals surface area contributed by atoms with E-state index in [4.69, 9.17) is 14.2 Å². The SMILES string of the molecule is CCCOc1ccc(/C=C/C(=O)O[C@H]2CC3C(=C2C)[C@H]2OC(=O)[C@@H](C)[C@@H]2CC[C@@]3(C)O)cc1. The van der Waals surface area contributed by atoms with Crippen LogP contribution >= 0.6 is 0 Å². The van der Waals surface area contributed by atoms with Gasteiger partial charge in [-0.05, 0) is 74.4 Å². The minimum Gasteiger partial charge on any atom is -0.494 e. The molecule has 3 aliphatic rings. The third-order valence-corrected chi connectivity index (χ3v) is 7.47. The van der Waals surface area contributed by atoms with E-state index < -0.39 is 17.7 Å². The fraction of sp³-hybridized carbons (Fsp3) is 0.556.